The smallest absolute Gasteiger partial charge is 0.405 e. The lowest BCUT2D eigenvalue weighted by Gasteiger charge is -2.36. The van der Waals surface area contributed by atoms with Crippen molar-refractivity contribution in [2.24, 2.45) is 0 Å². The third-order valence-electron chi connectivity index (χ3n) is 9.13. The Hall–Kier alpha value is -1.59. The van der Waals surface area contributed by atoms with Crippen LogP contribution in [-0.4, -0.2) is 40.7 Å². The summed E-state index contributed by atoms with van der Waals surface area (Å²) in [6.07, 6.45) is 24.0. The van der Waals surface area contributed by atoms with Crippen molar-refractivity contribution in [2.75, 3.05) is 26.4 Å². The van der Waals surface area contributed by atoms with Gasteiger partial charge in [-0.1, -0.05) is 108 Å². The average Bonchev–Trinajstić information content (AvgIpc) is 3.72. The van der Waals surface area contributed by atoms with E-state index in [2.05, 4.69) is 44.2 Å². The Morgan fingerprint density at radius 3 is 1.90 bits per heavy atom. The summed E-state index contributed by atoms with van der Waals surface area (Å²) in [6, 6.07) is 7.03. The van der Waals surface area contributed by atoms with Gasteiger partial charge in [0.2, 0.25) is 0 Å². The van der Waals surface area contributed by atoms with Crippen LogP contribution in [0.4, 0.5) is 0 Å². The number of benzene rings is 1. The Morgan fingerprint density at radius 1 is 0.675 bits per heavy atom. The van der Waals surface area contributed by atoms with E-state index in [9.17, 15) is 0 Å². The van der Waals surface area contributed by atoms with E-state index in [4.69, 9.17) is 18.6 Å². The van der Waals surface area contributed by atoms with Crippen LogP contribution >= 0.6 is 0 Å². The van der Waals surface area contributed by atoms with Crippen LogP contribution in [0, 0.1) is 0 Å². The second-order valence-corrected chi connectivity index (χ2v) is 12.1. The summed E-state index contributed by atoms with van der Waals surface area (Å²) in [7, 11) is -0.430. The summed E-state index contributed by atoms with van der Waals surface area (Å²) in [4.78, 5) is 0. The number of allylic oxidation sites excluding steroid dienone is 6. The largest absolute Gasteiger partial charge is 0.494 e. The van der Waals surface area contributed by atoms with Gasteiger partial charge in [0.1, 0.15) is 0 Å². The molecule has 4 aliphatic rings. The van der Waals surface area contributed by atoms with Gasteiger partial charge in [-0.2, -0.15) is 0 Å². The van der Waals surface area contributed by atoms with Crippen molar-refractivity contribution in [2.45, 2.75) is 116 Å². The van der Waals surface area contributed by atoms with Gasteiger partial charge in [0, 0.05) is 5.92 Å². The van der Waals surface area contributed by atoms with Crippen molar-refractivity contribution in [3.63, 3.8) is 0 Å². The first-order valence-electron chi connectivity index (χ1n) is 16.5. The molecule has 1 aromatic rings. The molecule has 1 aromatic carbocycles. The van der Waals surface area contributed by atoms with Crippen molar-refractivity contribution in [1.82, 2.24) is 0 Å². The molecule has 0 amide bonds. The molecule has 0 spiro atoms. The van der Waals surface area contributed by atoms with Gasteiger partial charge in [0.05, 0.1) is 26.4 Å². The van der Waals surface area contributed by atoms with Crippen LogP contribution < -0.4 is 5.46 Å². The van der Waals surface area contributed by atoms with E-state index in [0.29, 0.717) is 32.3 Å². The van der Waals surface area contributed by atoms with Crippen LogP contribution in [0.1, 0.15) is 127 Å². The lowest BCUT2D eigenvalue weighted by atomic mass is 9.64. The number of hydrogen-bond acceptors (Lipinski definition) is 4. The van der Waals surface area contributed by atoms with E-state index in [1.54, 1.807) is 11.1 Å². The fourth-order valence-corrected chi connectivity index (χ4v) is 6.95. The van der Waals surface area contributed by atoms with Gasteiger partial charge in [0.15, 0.2) is 0 Å². The van der Waals surface area contributed by atoms with Crippen LogP contribution in [0.2, 0.25) is 0 Å². The lowest BCUT2D eigenvalue weighted by molar-refractivity contribution is 0.365. The van der Waals surface area contributed by atoms with E-state index >= 15 is 0 Å². The highest BCUT2D eigenvalue weighted by molar-refractivity contribution is 6.61. The summed E-state index contributed by atoms with van der Waals surface area (Å²) in [5, 5.41) is 0. The molecule has 0 radical (unpaired) electrons. The molecule has 0 saturated carbocycles. The predicted octanol–water partition coefficient (Wildman–Crippen LogP) is 8.11. The number of hydrogen-bond donors (Lipinski definition) is 0. The monoisotopic (exact) mass is 544 g/mol. The first-order valence-corrected chi connectivity index (χ1v) is 16.5. The maximum absolute atomic E-state index is 5.95. The summed E-state index contributed by atoms with van der Waals surface area (Å²) in [5.74, 6) is 0.406. The second-order valence-electron chi connectivity index (χ2n) is 12.1. The lowest BCUT2D eigenvalue weighted by Crippen LogP contribution is -2.33. The summed E-state index contributed by atoms with van der Waals surface area (Å²) >= 11 is 0. The molecule has 5 rings (SSSR count). The minimum atomic E-state index is -0.228. The minimum Gasteiger partial charge on any atom is -0.405 e. The zero-order valence-electron chi connectivity index (χ0n) is 25.2. The third kappa shape index (κ3) is 7.43. The van der Waals surface area contributed by atoms with Crippen LogP contribution in [0.5, 0.6) is 0 Å². The molecule has 2 heterocycles. The van der Waals surface area contributed by atoms with Gasteiger partial charge < -0.3 is 18.6 Å². The topological polar surface area (TPSA) is 36.9 Å². The van der Waals surface area contributed by atoms with Gasteiger partial charge in [-0.05, 0) is 70.9 Å². The van der Waals surface area contributed by atoms with Gasteiger partial charge >= 0.3 is 14.2 Å². The van der Waals surface area contributed by atoms with E-state index < -0.39 is 0 Å². The Bertz CT molecular complexity index is 1050. The molecule has 2 fully saturated rings. The average molecular weight is 544 g/mol. The molecule has 4 nitrogen and oxygen atoms in total. The molecule has 2 saturated heterocycles. The van der Waals surface area contributed by atoms with Crippen LogP contribution in [-0.2, 0) is 18.6 Å². The highest BCUT2D eigenvalue weighted by Gasteiger charge is 2.37. The van der Waals surface area contributed by atoms with Crippen molar-refractivity contribution < 1.29 is 18.6 Å². The standard InChI is InChI=1S/C34H50B2O4/c1-3-5-7-9-11-13-15-29-30(16-14-12-10-8-6-4-2)34-26-28(36-39-23-24-40-36)18-20-32(34)31-19-17-27(25-33(29)31)35-37-21-22-38-35/h17-19,25-26,32H,3-16,20-24H2,1-2H3. The fourth-order valence-electron chi connectivity index (χ4n) is 6.95. The molecule has 0 bridgehead atoms. The zero-order chi connectivity index (χ0) is 27.6. The second kappa shape index (κ2) is 15.6. The number of unbranched alkanes of at least 4 members (excludes halogenated alkanes) is 10. The van der Waals surface area contributed by atoms with Crippen molar-refractivity contribution in [1.29, 1.82) is 0 Å². The Balaban J connectivity index is 1.46. The minimum absolute atomic E-state index is 0.203. The molecule has 0 aromatic heterocycles. The maximum atomic E-state index is 5.95. The number of fused-ring (bicyclic) bond motifs is 3. The van der Waals surface area contributed by atoms with Crippen molar-refractivity contribution in [3.8, 4) is 0 Å². The van der Waals surface area contributed by atoms with Crippen molar-refractivity contribution in [3.05, 3.63) is 58.1 Å². The zero-order valence-corrected chi connectivity index (χ0v) is 25.2. The summed E-state index contributed by atoms with van der Waals surface area (Å²) in [5.41, 5.74) is 10.0. The van der Waals surface area contributed by atoms with Crippen LogP contribution in [0.25, 0.3) is 5.57 Å². The molecule has 6 heteroatoms. The van der Waals surface area contributed by atoms with E-state index in [1.807, 2.05) is 0 Å². The molecule has 40 heavy (non-hydrogen) atoms. The number of rotatable bonds is 16. The van der Waals surface area contributed by atoms with E-state index in [0.717, 1.165) is 12.8 Å². The fraction of sp³-hybridized carbons (Fsp3) is 0.647. The first kappa shape index (κ1) is 29.9. The highest BCUT2D eigenvalue weighted by atomic mass is 16.6. The molecular weight excluding hydrogens is 494 g/mol. The van der Waals surface area contributed by atoms with Gasteiger partial charge in [0.25, 0.3) is 0 Å². The molecule has 216 valence electrons. The maximum Gasteiger partial charge on any atom is 0.494 e. The SMILES string of the molecule is CCCCCCCCC1=C(CCCCCCCC)c2cc(B3OCCO3)ccc2C2CC=C(B3OCCO3)C=C12. The van der Waals surface area contributed by atoms with Gasteiger partial charge in [-0.3, -0.25) is 0 Å². The highest BCUT2D eigenvalue weighted by Crippen LogP contribution is 2.49. The molecular formula is C34H50B2O4. The Labute approximate surface area is 244 Å². The molecule has 1 atom stereocenters. The van der Waals surface area contributed by atoms with E-state index in [-0.39, 0.29) is 14.2 Å². The quantitative estimate of drug-likeness (QED) is 0.156. The molecule has 1 unspecified atom stereocenters. The van der Waals surface area contributed by atoms with Crippen molar-refractivity contribution >= 4 is 25.3 Å². The van der Waals surface area contributed by atoms with E-state index in [1.165, 1.54) is 111 Å². The normalized spacial score (nSPS) is 20.6. The molecule has 0 N–H and O–H groups in total. The van der Waals surface area contributed by atoms with Gasteiger partial charge in [-0.25, -0.2) is 0 Å². The Kier molecular flexibility index (Phi) is 11.6. The summed E-state index contributed by atoms with van der Waals surface area (Å²) in [6.45, 7) is 7.34. The Morgan fingerprint density at radius 2 is 1.25 bits per heavy atom. The van der Waals surface area contributed by atoms with Crippen LogP contribution in [0.15, 0.2) is 47.0 Å². The third-order valence-corrected chi connectivity index (χ3v) is 9.13. The molecule has 2 aliphatic heterocycles. The molecule has 2 aliphatic carbocycles. The first-order chi connectivity index (χ1) is 19.8. The van der Waals surface area contributed by atoms with Crippen LogP contribution in [0.3, 0.4) is 0 Å². The van der Waals surface area contributed by atoms with Gasteiger partial charge in [-0.15, -0.1) is 0 Å². The summed E-state index contributed by atoms with van der Waals surface area (Å²) < 4.78 is 23.8. The predicted molar refractivity (Wildman–Crippen MR) is 168 cm³/mol.